The van der Waals surface area contributed by atoms with Crippen molar-refractivity contribution in [1.29, 1.82) is 0 Å². The first-order valence-corrected chi connectivity index (χ1v) is 24.0. The lowest BCUT2D eigenvalue weighted by molar-refractivity contribution is -0.265. The molecule has 2 saturated heterocycles. The van der Waals surface area contributed by atoms with Gasteiger partial charge in [0.05, 0.1) is 24.4 Å². The van der Waals surface area contributed by atoms with Crippen molar-refractivity contribution in [3.8, 4) is 0 Å². The number of rotatable bonds is 5. The molecule has 1 amide bonds. The molecule has 14 heteroatoms. The van der Waals surface area contributed by atoms with E-state index in [0.29, 0.717) is 69.8 Å². The molecule has 4 rings (SSSR count). The first kappa shape index (κ1) is 54.2. The lowest BCUT2D eigenvalue weighted by atomic mass is 9.78. The third kappa shape index (κ3) is 14.6. The van der Waals surface area contributed by atoms with E-state index in [1.165, 1.54) is 12.0 Å². The average molecular weight is 914 g/mol. The number of ketones is 3. The highest BCUT2D eigenvalue weighted by molar-refractivity contribution is 6.39. The number of esters is 1. The summed E-state index contributed by atoms with van der Waals surface area (Å²) in [6.45, 7) is 12.7. The molecule has 3 fully saturated rings. The van der Waals surface area contributed by atoms with Gasteiger partial charge in [-0.3, -0.25) is 19.2 Å². The van der Waals surface area contributed by atoms with Crippen molar-refractivity contribution in [3.63, 3.8) is 0 Å². The molecule has 0 spiro atoms. The summed E-state index contributed by atoms with van der Waals surface area (Å²) in [7, 11) is 2.95. The van der Waals surface area contributed by atoms with E-state index in [0.717, 1.165) is 12.0 Å². The van der Waals surface area contributed by atoms with Gasteiger partial charge in [-0.1, -0.05) is 71.1 Å². The van der Waals surface area contributed by atoms with Crippen molar-refractivity contribution in [2.75, 3.05) is 20.8 Å². The number of ether oxygens (including phenoxy) is 4. The SMILES string of the molecule is CO[C@H]1CC2CC[C@@H](C)[C@@](O)(O2)C(=O)C(=O)N2CCCC[C@H]2C(=O)O[C@H]([C@H](C)CC2CC[C@@H](O)[C@H](O)C2)CC(=O)[C@H](C)/C=C(\C)[C@@H](O)[C@@H](OC)C(=O)[C@H](C)CC[C@H](C)/C=C/C=C/C=C/1C. The van der Waals surface area contributed by atoms with E-state index in [-0.39, 0.29) is 42.8 Å². The van der Waals surface area contributed by atoms with E-state index in [2.05, 4.69) is 13.0 Å². The molecule has 65 heavy (non-hydrogen) atoms. The molecule has 2 bridgehead atoms. The van der Waals surface area contributed by atoms with E-state index in [1.807, 2.05) is 45.1 Å². The number of fused-ring (bicyclic) bond motifs is 3. The normalized spacial score (nSPS) is 40.6. The monoisotopic (exact) mass is 914 g/mol. The number of hydrogen-bond acceptors (Lipinski definition) is 13. The van der Waals surface area contributed by atoms with Crippen LogP contribution in [0.25, 0.3) is 0 Å². The van der Waals surface area contributed by atoms with Gasteiger partial charge < -0.3 is 44.3 Å². The highest BCUT2D eigenvalue weighted by Gasteiger charge is 2.53. The molecule has 0 aromatic rings. The van der Waals surface area contributed by atoms with Crippen molar-refractivity contribution in [3.05, 3.63) is 47.6 Å². The van der Waals surface area contributed by atoms with Crippen LogP contribution >= 0.6 is 0 Å². The number of amides is 1. The number of carbonyl (C=O) groups excluding carboxylic acids is 5. The molecule has 3 aliphatic heterocycles. The highest BCUT2D eigenvalue weighted by Crippen LogP contribution is 2.37. The zero-order valence-corrected chi connectivity index (χ0v) is 40.4. The molecule has 15 atom stereocenters. The van der Waals surface area contributed by atoms with Crippen molar-refractivity contribution in [2.45, 2.75) is 186 Å². The first-order valence-electron chi connectivity index (χ1n) is 24.0. The molecule has 4 N–H and O–H groups in total. The van der Waals surface area contributed by atoms with Crippen molar-refractivity contribution >= 4 is 29.2 Å². The van der Waals surface area contributed by atoms with Gasteiger partial charge in [0.2, 0.25) is 5.79 Å². The summed E-state index contributed by atoms with van der Waals surface area (Å²) in [6.07, 6.45) is 10.7. The fourth-order valence-electron chi connectivity index (χ4n) is 9.88. The topological polar surface area (TPSA) is 206 Å². The van der Waals surface area contributed by atoms with Crippen LogP contribution in [0.2, 0.25) is 0 Å². The molecular formula is C51H79NO13. The van der Waals surface area contributed by atoms with Gasteiger partial charge in [-0.25, -0.2) is 4.79 Å². The molecule has 366 valence electrons. The fourth-order valence-corrected chi connectivity index (χ4v) is 9.88. The van der Waals surface area contributed by atoms with Crippen LogP contribution in [0.3, 0.4) is 0 Å². The van der Waals surface area contributed by atoms with Gasteiger partial charge in [0.25, 0.3) is 11.7 Å². The Balaban J connectivity index is 1.69. The van der Waals surface area contributed by atoms with Crippen molar-refractivity contribution in [2.24, 2.45) is 35.5 Å². The number of carbonyl (C=O) groups is 5. The zero-order valence-electron chi connectivity index (χ0n) is 40.4. The molecule has 4 aliphatic rings. The predicted octanol–water partition coefficient (Wildman–Crippen LogP) is 5.92. The number of allylic oxidation sites excluding steroid dienone is 6. The van der Waals surface area contributed by atoms with E-state index in [9.17, 15) is 44.4 Å². The Morgan fingerprint density at radius 1 is 0.831 bits per heavy atom. The Morgan fingerprint density at radius 2 is 1.55 bits per heavy atom. The minimum absolute atomic E-state index is 0.0137. The maximum absolute atomic E-state index is 14.3. The smallest absolute Gasteiger partial charge is 0.329 e. The molecule has 0 radical (unpaired) electrons. The van der Waals surface area contributed by atoms with Gasteiger partial charge in [0.15, 0.2) is 5.78 Å². The minimum Gasteiger partial charge on any atom is -0.460 e. The largest absolute Gasteiger partial charge is 0.460 e. The van der Waals surface area contributed by atoms with E-state index in [4.69, 9.17) is 18.9 Å². The number of nitrogens with zero attached hydrogens (tertiary/aromatic N) is 1. The molecule has 1 saturated carbocycles. The van der Waals surface area contributed by atoms with E-state index < -0.39 is 95.9 Å². The third-order valence-corrected chi connectivity index (χ3v) is 14.5. The zero-order chi connectivity index (χ0) is 48.2. The number of piperidine rings is 1. The molecule has 3 heterocycles. The Bertz CT molecular complexity index is 1760. The summed E-state index contributed by atoms with van der Waals surface area (Å²) in [5, 5.41) is 43.9. The first-order chi connectivity index (χ1) is 30.7. The summed E-state index contributed by atoms with van der Waals surface area (Å²) in [5.74, 6) is -8.07. The minimum atomic E-state index is -2.44. The second-order valence-corrected chi connectivity index (χ2v) is 19.7. The number of methoxy groups -OCH3 is 2. The maximum atomic E-state index is 14.3. The van der Waals surface area contributed by atoms with Gasteiger partial charge in [-0.15, -0.1) is 0 Å². The number of aliphatic hydroxyl groups is 4. The molecule has 0 aromatic carbocycles. The predicted molar refractivity (Wildman–Crippen MR) is 245 cm³/mol. The third-order valence-electron chi connectivity index (χ3n) is 14.5. The molecule has 14 nitrogen and oxygen atoms in total. The highest BCUT2D eigenvalue weighted by atomic mass is 16.6. The number of Topliss-reactive ketones (excluding diaryl/α,β-unsaturated/α-hetero) is 3. The second-order valence-electron chi connectivity index (χ2n) is 19.7. The molecule has 0 aromatic heterocycles. The Kier molecular flexibility index (Phi) is 21.0. The lowest BCUT2D eigenvalue weighted by Crippen LogP contribution is -2.61. The average Bonchev–Trinajstić information content (AvgIpc) is 3.28. The number of hydrogen-bond donors (Lipinski definition) is 4. The van der Waals surface area contributed by atoms with Crippen LogP contribution in [0.1, 0.15) is 132 Å². The summed E-state index contributed by atoms with van der Waals surface area (Å²) in [4.78, 5) is 71.6. The van der Waals surface area contributed by atoms with E-state index >= 15 is 0 Å². The van der Waals surface area contributed by atoms with Gasteiger partial charge >= 0.3 is 5.97 Å². The number of aliphatic hydroxyl groups excluding tert-OH is 3. The second kappa shape index (κ2) is 25.1. The van der Waals surface area contributed by atoms with E-state index in [1.54, 1.807) is 34.0 Å². The Labute approximate surface area is 386 Å². The Morgan fingerprint density at radius 3 is 2.23 bits per heavy atom. The van der Waals surface area contributed by atoms with Crippen molar-refractivity contribution < 1.29 is 63.3 Å². The Hall–Kier alpha value is -3.37. The fraction of sp³-hybridized carbons (Fsp3) is 0.745. The number of cyclic esters (lactones) is 1. The lowest BCUT2D eigenvalue weighted by Gasteiger charge is -2.42. The van der Waals surface area contributed by atoms with Crippen LogP contribution in [-0.4, -0.2) is 130 Å². The maximum Gasteiger partial charge on any atom is 0.329 e. The van der Waals surface area contributed by atoms with Crippen LogP contribution in [-0.2, 0) is 42.9 Å². The van der Waals surface area contributed by atoms with Gasteiger partial charge in [-0.05, 0) is 113 Å². The molecule has 2 unspecified atom stereocenters. The molecule has 1 aliphatic carbocycles. The van der Waals surface area contributed by atoms with Crippen molar-refractivity contribution in [1.82, 2.24) is 4.90 Å². The van der Waals surface area contributed by atoms with Crippen LogP contribution in [0, 0.1) is 35.5 Å². The summed E-state index contributed by atoms with van der Waals surface area (Å²) in [5.41, 5.74) is 1.27. The summed E-state index contributed by atoms with van der Waals surface area (Å²) < 4.78 is 23.7. The van der Waals surface area contributed by atoms with Gasteiger partial charge in [0.1, 0.15) is 30.1 Å². The van der Waals surface area contributed by atoms with Crippen LogP contribution in [0.4, 0.5) is 0 Å². The van der Waals surface area contributed by atoms with Crippen LogP contribution in [0.15, 0.2) is 47.6 Å². The standard InChI is InChI=1S/C51H79NO13/c1-30-15-11-10-12-16-31(2)43(62-8)28-38-22-20-36(7)51(61,65-38)48(58)49(59)52-24-14-13-17-39(52)50(60)64-44(34(5)26-37-21-23-40(53)42(55)27-37)29-41(54)33(4)25-35(6)46(57)47(63-9)45(56)32(3)19-18-30/h10-12,15-16,25,30,32-34,36-40,42-44,46-47,53,55,57,61H,13-14,17-24,26-29H2,1-9H3/b12-10+,15-11+,31-16+,35-25+/t30-,32-,33-,34-,36-,37?,38?,39+,40-,42-,43+,44+,46-,47+,51-/m1/s1. The quantitative estimate of drug-likeness (QED) is 0.144. The van der Waals surface area contributed by atoms with Crippen LogP contribution < -0.4 is 0 Å². The summed E-state index contributed by atoms with van der Waals surface area (Å²) in [6, 6.07) is -1.16. The molecular weight excluding hydrogens is 835 g/mol. The van der Waals surface area contributed by atoms with Crippen LogP contribution in [0.5, 0.6) is 0 Å². The van der Waals surface area contributed by atoms with Gasteiger partial charge in [0, 0.05) is 51.4 Å². The van der Waals surface area contributed by atoms with Gasteiger partial charge in [-0.2, -0.15) is 0 Å². The summed E-state index contributed by atoms with van der Waals surface area (Å²) >= 11 is 0.